The molecule has 1 aromatic heterocycles. The van der Waals surface area contributed by atoms with Gasteiger partial charge in [0.2, 0.25) is 0 Å². The summed E-state index contributed by atoms with van der Waals surface area (Å²) in [6.07, 6.45) is 5.02. The molecule has 1 aliphatic carbocycles. The molecule has 1 fully saturated rings. The molecule has 1 atom stereocenters. The van der Waals surface area contributed by atoms with Crippen molar-refractivity contribution >= 4 is 17.3 Å². The highest BCUT2D eigenvalue weighted by Crippen LogP contribution is 2.43. The molecule has 0 amide bonds. The van der Waals surface area contributed by atoms with E-state index in [-0.39, 0.29) is 6.10 Å². The van der Waals surface area contributed by atoms with E-state index in [1.165, 1.54) is 19.3 Å². The lowest BCUT2D eigenvalue weighted by atomic mass is 9.67. The van der Waals surface area contributed by atoms with Crippen LogP contribution in [0.25, 0.3) is 0 Å². The first-order chi connectivity index (χ1) is 12.0. The molecule has 0 saturated heterocycles. The average molecular weight is 369 g/mol. The van der Waals surface area contributed by atoms with Crippen molar-refractivity contribution in [3.63, 3.8) is 0 Å². The van der Waals surface area contributed by atoms with Crippen molar-refractivity contribution in [3.8, 4) is 0 Å². The number of nitrogens with one attached hydrogen (secondary N) is 1. The minimum absolute atomic E-state index is 0.0424. The zero-order valence-corrected chi connectivity index (χ0v) is 17.0. The molecule has 6 nitrogen and oxygen atoms in total. The Morgan fingerprint density at radius 3 is 2.80 bits per heavy atom. The highest BCUT2D eigenvalue weighted by atomic mass is 32.1. The van der Waals surface area contributed by atoms with Gasteiger partial charge in [0, 0.05) is 46.8 Å². The molecule has 142 valence electrons. The second-order valence-corrected chi connectivity index (χ2v) is 7.80. The molecule has 7 heteroatoms. The van der Waals surface area contributed by atoms with E-state index in [2.05, 4.69) is 32.6 Å². The van der Waals surface area contributed by atoms with Gasteiger partial charge in [-0.05, 0) is 31.6 Å². The van der Waals surface area contributed by atoms with Crippen LogP contribution >= 0.6 is 11.3 Å². The molecule has 1 N–H and O–H groups in total. The topological polar surface area (TPSA) is 59.0 Å². The van der Waals surface area contributed by atoms with Gasteiger partial charge >= 0.3 is 0 Å². The van der Waals surface area contributed by atoms with E-state index in [9.17, 15) is 0 Å². The van der Waals surface area contributed by atoms with Crippen LogP contribution in [0.15, 0.2) is 10.4 Å². The second kappa shape index (κ2) is 9.50. The third-order valence-electron chi connectivity index (χ3n) is 5.12. The summed E-state index contributed by atoms with van der Waals surface area (Å²) in [4.78, 5) is 11.2. The van der Waals surface area contributed by atoms with Gasteiger partial charge in [0.1, 0.15) is 11.1 Å². The van der Waals surface area contributed by atoms with Gasteiger partial charge in [-0.25, -0.2) is 4.98 Å². The van der Waals surface area contributed by atoms with Gasteiger partial charge in [0.15, 0.2) is 5.96 Å². The molecular weight excluding hydrogens is 336 g/mol. The molecule has 25 heavy (non-hydrogen) atoms. The lowest BCUT2D eigenvalue weighted by molar-refractivity contribution is 0.0727. The number of aliphatic imine (C=N–C) groups is 1. The van der Waals surface area contributed by atoms with Crippen LogP contribution in [0.1, 0.15) is 49.4 Å². The van der Waals surface area contributed by atoms with Crippen LogP contribution in [0.5, 0.6) is 0 Å². The van der Waals surface area contributed by atoms with E-state index in [0.29, 0.717) is 5.41 Å². The molecule has 1 aromatic rings. The second-order valence-electron chi connectivity index (χ2n) is 6.91. The smallest absolute Gasteiger partial charge is 0.193 e. The van der Waals surface area contributed by atoms with Crippen LogP contribution in [-0.2, 0) is 16.0 Å². The molecule has 0 radical (unpaired) electrons. The summed E-state index contributed by atoms with van der Waals surface area (Å²) in [5, 5.41) is 6.67. The van der Waals surface area contributed by atoms with Crippen LogP contribution in [-0.4, -0.2) is 57.3 Å². The third kappa shape index (κ3) is 5.39. The predicted octanol–water partition coefficient (Wildman–Crippen LogP) is 3.06. The number of ether oxygens (including phenoxy) is 2. The van der Waals surface area contributed by atoms with Crippen molar-refractivity contribution in [2.24, 2.45) is 10.4 Å². The number of hydrogen-bond acceptors (Lipinski definition) is 5. The fraction of sp³-hybridized carbons (Fsp3) is 0.778. The van der Waals surface area contributed by atoms with Gasteiger partial charge in [0.05, 0.1) is 12.2 Å². The van der Waals surface area contributed by atoms with Crippen LogP contribution in [0.4, 0.5) is 0 Å². The molecule has 1 unspecified atom stereocenters. The molecule has 1 heterocycles. The van der Waals surface area contributed by atoms with Crippen molar-refractivity contribution in [2.75, 3.05) is 41.5 Å². The number of aromatic nitrogens is 1. The first-order valence-electron chi connectivity index (χ1n) is 8.91. The maximum absolute atomic E-state index is 5.34. The Bertz CT molecular complexity index is 557. The van der Waals surface area contributed by atoms with Crippen LogP contribution < -0.4 is 5.32 Å². The number of methoxy groups -OCH3 is 2. The third-order valence-corrected chi connectivity index (χ3v) is 6.17. The number of thiazole rings is 1. The van der Waals surface area contributed by atoms with E-state index in [0.717, 1.165) is 42.8 Å². The van der Waals surface area contributed by atoms with E-state index >= 15 is 0 Å². The highest BCUT2D eigenvalue weighted by Gasteiger charge is 2.36. The summed E-state index contributed by atoms with van der Waals surface area (Å²) >= 11 is 1.65. The summed E-state index contributed by atoms with van der Waals surface area (Å²) in [6, 6.07) is 0. The fourth-order valence-corrected chi connectivity index (χ4v) is 4.00. The van der Waals surface area contributed by atoms with Gasteiger partial charge in [-0.3, -0.25) is 4.99 Å². The monoisotopic (exact) mass is 368 g/mol. The zero-order chi connectivity index (χ0) is 18.3. The van der Waals surface area contributed by atoms with Gasteiger partial charge in [0.25, 0.3) is 0 Å². The molecule has 2 rings (SSSR count). The first-order valence-corrected chi connectivity index (χ1v) is 9.79. The summed E-state index contributed by atoms with van der Waals surface area (Å²) < 4.78 is 10.6. The molecule has 0 aliphatic heterocycles. The molecule has 0 bridgehead atoms. The lowest BCUT2D eigenvalue weighted by Crippen LogP contribution is -2.47. The largest absolute Gasteiger partial charge is 0.385 e. The normalized spacial score (nSPS) is 17.9. The summed E-state index contributed by atoms with van der Waals surface area (Å²) in [5.41, 5.74) is 1.42. The van der Waals surface area contributed by atoms with Gasteiger partial charge in [-0.1, -0.05) is 6.42 Å². The van der Waals surface area contributed by atoms with Gasteiger partial charge in [-0.2, -0.15) is 0 Å². The van der Waals surface area contributed by atoms with E-state index in [4.69, 9.17) is 9.47 Å². The average Bonchev–Trinajstić information content (AvgIpc) is 3.04. The molecule has 0 spiro atoms. The number of guanidine groups is 1. The Balaban J connectivity index is 1.88. The van der Waals surface area contributed by atoms with E-state index < -0.39 is 0 Å². The van der Waals surface area contributed by atoms with E-state index in [1.807, 2.05) is 14.0 Å². The molecule has 1 saturated carbocycles. The highest BCUT2D eigenvalue weighted by molar-refractivity contribution is 7.09. The summed E-state index contributed by atoms with van der Waals surface area (Å²) in [5.74, 6) is 0.915. The number of hydrogen-bond donors (Lipinski definition) is 1. The van der Waals surface area contributed by atoms with Crippen LogP contribution in [0, 0.1) is 5.41 Å². The van der Waals surface area contributed by atoms with Crippen molar-refractivity contribution in [3.05, 3.63) is 16.1 Å². The summed E-state index contributed by atoms with van der Waals surface area (Å²) in [7, 11) is 7.38. The maximum Gasteiger partial charge on any atom is 0.193 e. The first kappa shape index (κ1) is 20.1. The Morgan fingerprint density at radius 1 is 1.48 bits per heavy atom. The van der Waals surface area contributed by atoms with Crippen molar-refractivity contribution in [2.45, 2.75) is 45.3 Å². The van der Waals surface area contributed by atoms with Gasteiger partial charge < -0.3 is 19.7 Å². The molecule has 0 aromatic carbocycles. The Labute approximate surface area is 155 Å². The minimum Gasteiger partial charge on any atom is -0.385 e. The Hall–Kier alpha value is -1.18. The SMILES string of the molecule is CN=C(NCC1(CCOC)CCC1)N(C)Cc1csc(C(C)OC)n1. The van der Waals surface area contributed by atoms with E-state index in [1.54, 1.807) is 25.6 Å². The van der Waals surface area contributed by atoms with Crippen LogP contribution in [0.2, 0.25) is 0 Å². The number of rotatable bonds is 9. The quantitative estimate of drug-likeness (QED) is 0.536. The minimum atomic E-state index is 0.0424. The lowest BCUT2D eigenvalue weighted by Gasteiger charge is -2.42. The van der Waals surface area contributed by atoms with Crippen molar-refractivity contribution < 1.29 is 9.47 Å². The summed E-state index contributed by atoms with van der Waals surface area (Å²) in [6.45, 7) is 4.54. The van der Waals surface area contributed by atoms with Crippen molar-refractivity contribution in [1.29, 1.82) is 0 Å². The number of nitrogens with zero attached hydrogens (tertiary/aromatic N) is 3. The van der Waals surface area contributed by atoms with Gasteiger partial charge in [-0.15, -0.1) is 11.3 Å². The zero-order valence-electron chi connectivity index (χ0n) is 16.2. The fourth-order valence-electron chi connectivity index (χ4n) is 3.16. The standard InChI is InChI=1S/C18H32N4O2S/c1-14(24-5)16-21-15(12-25-16)11-22(3)17(19-2)20-13-18(7-6-8-18)9-10-23-4/h12,14H,6-11,13H2,1-5H3,(H,19,20). The Morgan fingerprint density at radius 2 is 2.24 bits per heavy atom. The maximum atomic E-state index is 5.34. The Kier molecular flexibility index (Phi) is 7.65. The predicted molar refractivity (Wildman–Crippen MR) is 103 cm³/mol. The van der Waals surface area contributed by atoms with Crippen molar-refractivity contribution in [1.82, 2.24) is 15.2 Å². The molecule has 1 aliphatic rings. The van der Waals surface area contributed by atoms with Crippen LogP contribution in [0.3, 0.4) is 0 Å². The molecular formula is C18H32N4O2S.